The van der Waals surface area contributed by atoms with Crippen molar-refractivity contribution in [2.45, 2.75) is 25.3 Å². The van der Waals surface area contributed by atoms with Gasteiger partial charge in [0.15, 0.2) is 0 Å². The van der Waals surface area contributed by atoms with Crippen LogP contribution in [0.3, 0.4) is 0 Å². The van der Waals surface area contributed by atoms with Gasteiger partial charge in [-0.25, -0.2) is 13.1 Å². The average molecular weight is 207 g/mol. The molecule has 0 aromatic rings. The summed E-state index contributed by atoms with van der Waals surface area (Å²) in [7, 11) is -3.20. The summed E-state index contributed by atoms with van der Waals surface area (Å²) in [5, 5.41) is 8.65. The number of aliphatic carboxylic acids is 1. The molecular formula is C7H13NO4S. The summed E-state index contributed by atoms with van der Waals surface area (Å²) in [6, 6.07) is -0.198. The zero-order chi connectivity index (χ0) is 10.1. The van der Waals surface area contributed by atoms with Crippen molar-refractivity contribution in [2.75, 3.05) is 6.26 Å². The third-order valence-corrected chi connectivity index (χ3v) is 2.92. The average Bonchev–Trinajstić information content (AvgIpc) is 2.31. The monoisotopic (exact) mass is 207 g/mol. The highest BCUT2D eigenvalue weighted by atomic mass is 32.2. The predicted molar refractivity (Wildman–Crippen MR) is 46.7 cm³/mol. The molecule has 0 spiro atoms. The number of hydrogen-bond donors (Lipinski definition) is 2. The van der Waals surface area contributed by atoms with E-state index in [9.17, 15) is 13.2 Å². The van der Waals surface area contributed by atoms with Crippen molar-refractivity contribution >= 4 is 16.0 Å². The maximum absolute atomic E-state index is 10.8. The summed E-state index contributed by atoms with van der Waals surface area (Å²) in [4.78, 5) is 10.5. The topological polar surface area (TPSA) is 83.5 Å². The molecule has 1 rings (SSSR count). The second-order valence-corrected chi connectivity index (χ2v) is 5.22. The van der Waals surface area contributed by atoms with Gasteiger partial charge < -0.3 is 5.11 Å². The molecule has 0 amide bonds. The van der Waals surface area contributed by atoms with Crippen molar-refractivity contribution in [1.29, 1.82) is 0 Å². The number of hydrogen-bond acceptors (Lipinski definition) is 3. The highest BCUT2D eigenvalue weighted by Gasteiger charge is 2.30. The van der Waals surface area contributed by atoms with Gasteiger partial charge in [0.25, 0.3) is 0 Å². The number of nitrogens with one attached hydrogen (secondary N) is 1. The first-order chi connectivity index (χ1) is 5.88. The highest BCUT2D eigenvalue weighted by molar-refractivity contribution is 7.88. The van der Waals surface area contributed by atoms with E-state index in [0.29, 0.717) is 19.3 Å². The summed E-state index contributed by atoms with van der Waals surface area (Å²) in [6.07, 6.45) is 2.66. The number of carboxylic acids is 1. The van der Waals surface area contributed by atoms with Gasteiger partial charge in [0.2, 0.25) is 10.0 Å². The molecule has 0 bridgehead atoms. The second-order valence-electron chi connectivity index (χ2n) is 3.44. The van der Waals surface area contributed by atoms with Gasteiger partial charge in [-0.3, -0.25) is 4.79 Å². The molecule has 0 saturated heterocycles. The maximum atomic E-state index is 10.8. The largest absolute Gasteiger partial charge is 0.481 e. The van der Waals surface area contributed by atoms with Crippen LogP contribution in [-0.2, 0) is 14.8 Å². The Hall–Kier alpha value is -0.620. The van der Waals surface area contributed by atoms with E-state index in [1.807, 2.05) is 0 Å². The minimum absolute atomic E-state index is 0.198. The van der Waals surface area contributed by atoms with Crippen LogP contribution in [0.5, 0.6) is 0 Å². The van der Waals surface area contributed by atoms with Gasteiger partial charge >= 0.3 is 5.97 Å². The Balaban J connectivity index is 2.47. The molecule has 0 heterocycles. The van der Waals surface area contributed by atoms with Crippen molar-refractivity contribution in [3.8, 4) is 0 Å². The van der Waals surface area contributed by atoms with Crippen LogP contribution < -0.4 is 4.72 Å². The first-order valence-electron chi connectivity index (χ1n) is 4.08. The minimum atomic E-state index is -3.20. The van der Waals surface area contributed by atoms with Crippen molar-refractivity contribution < 1.29 is 18.3 Å². The standard InChI is InChI=1S/C7H13NO4S/c1-13(11,12)8-6-3-2-5(4-6)7(9)10/h5-6,8H,2-4H2,1H3,(H,9,10)/t5-,6+/m1/s1. The summed E-state index contributed by atoms with van der Waals surface area (Å²) >= 11 is 0. The number of rotatable bonds is 3. The maximum Gasteiger partial charge on any atom is 0.306 e. The quantitative estimate of drug-likeness (QED) is 0.670. The van der Waals surface area contributed by atoms with Crippen LogP contribution in [-0.4, -0.2) is 31.8 Å². The van der Waals surface area contributed by atoms with E-state index >= 15 is 0 Å². The van der Waals surface area contributed by atoms with Gasteiger partial charge in [-0.15, -0.1) is 0 Å². The molecular weight excluding hydrogens is 194 g/mol. The first kappa shape index (κ1) is 10.5. The molecule has 6 heteroatoms. The lowest BCUT2D eigenvalue weighted by molar-refractivity contribution is -0.141. The van der Waals surface area contributed by atoms with Crippen LogP contribution in [0.25, 0.3) is 0 Å². The molecule has 1 aliphatic rings. The molecule has 1 fully saturated rings. The third-order valence-electron chi connectivity index (χ3n) is 2.16. The van der Waals surface area contributed by atoms with Crippen molar-refractivity contribution in [1.82, 2.24) is 4.72 Å². The third kappa shape index (κ3) is 3.31. The summed E-state index contributed by atoms with van der Waals surface area (Å²) in [5.41, 5.74) is 0. The van der Waals surface area contributed by atoms with E-state index in [1.54, 1.807) is 0 Å². The zero-order valence-electron chi connectivity index (χ0n) is 7.36. The van der Waals surface area contributed by atoms with E-state index in [0.717, 1.165) is 6.26 Å². The SMILES string of the molecule is CS(=O)(=O)N[C@H]1CC[C@@H](C(=O)O)C1. The molecule has 1 saturated carbocycles. The van der Waals surface area contributed by atoms with E-state index in [-0.39, 0.29) is 12.0 Å². The van der Waals surface area contributed by atoms with E-state index in [1.165, 1.54) is 0 Å². The fourth-order valence-electron chi connectivity index (χ4n) is 1.62. The van der Waals surface area contributed by atoms with Crippen LogP contribution in [0.1, 0.15) is 19.3 Å². The van der Waals surface area contributed by atoms with Gasteiger partial charge in [-0.2, -0.15) is 0 Å². The predicted octanol–water partition coefficient (Wildman–Crippen LogP) is -0.211. The molecule has 0 radical (unpaired) electrons. The lowest BCUT2D eigenvalue weighted by Crippen LogP contribution is -2.32. The Morgan fingerprint density at radius 2 is 2.08 bits per heavy atom. The van der Waals surface area contributed by atoms with Crippen molar-refractivity contribution in [3.63, 3.8) is 0 Å². The van der Waals surface area contributed by atoms with Gasteiger partial charge in [-0.1, -0.05) is 0 Å². The molecule has 0 aromatic carbocycles. The summed E-state index contributed by atoms with van der Waals surface area (Å²) < 4.78 is 24.0. The number of sulfonamides is 1. The Morgan fingerprint density at radius 3 is 2.46 bits per heavy atom. The first-order valence-corrected chi connectivity index (χ1v) is 5.98. The lowest BCUT2D eigenvalue weighted by Gasteiger charge is -2.09. The van der Waals surface area contributed by atoms with Crippen LogP contribution in [0.2, 0.25) is 0 Å². The zero-order valence-corrected chi connectivity index (χ0v) is 8.17. The van der Waals surface area contributed by atoms with Gasteiger partial charge in [0.05, 0.1) is 12.2 Å². The smallest absolute Gasteiger partial charge is 0.306 e. The second kappa shape index (κ2) is 3.63. The lowest BCUT2D eigenvalue weighted by atomic mass is 10.1. The van der Waals surface area contributed by atoms with E-state index in [2.05, 4.69) is 4.72 Å². The van der Waals surface area contributed by atoms with Crippen LogP contribution in [0.4, 0.5) is 0 Å². The van der Waals surface area contributed by atoms with E-state index < -0.39 is 16.0 Å². The molecule has 5 nitrogen and oxygen atoms in total. The van der Waals surface area contributed by atoms with Crippen LogP contribution >= 0.6 is 0 Å². The molecule has 0 aliphatic heterocycles. The van der Waals surface area contributed by atoms with Gasteiger partial charge in [-0.05, 0) is 19.3 Å². The van der Waals surface area contributed by atoms with E-state index in [4.69, 9.17) is 5.11 Å². The van der Waals surface area contributed by atoms with Gasteiger partial charge in [0, 0.05) is 6.04 Å². The minimum Gasteiger partial charge on any atom is -0.481 e. The summed E-state index contributed by atoms with van der Waals surface area (Å²) in [5.74, 6) is -1.22. The fourth-order valence-corrected chi connectivity index (χ4v) is 2.44. The molecule has 1 aliphatic carbocycles. The molecule has 76 valence electrons. The molecule has 2 N–H and O–H groups in total. The Bertz CT molecular complexity index is 298. The summed E-state index contributed by atoms with van der Waals surface area (Å²) in [6.45, 7) is 0. The van der Waals surface area contributed by atoms with Crippen LogP contribution in [0.15, 0.2) is 0 Å². The molecule has 0 aromatic heterocycles. The van der Waals surface area contributed by atoms with Gasteiger partial charge in [0.1, 0.15) is 0 Å². The Kier molecular flexibility index (Phi) is 2.92. The molecule has 2 atom stereocenters. The Labute approximate surface area is 77.2 Å². The fraction of sp³-hybridized carbons (Fsp3) is 0.857. The molecule has 13 heavy (non-hydrogen) atoms. The highest BCUT2D eigenvalue weighted by Crippen LogP contribution is 2.25. The van der Waals surface area contributed by atoms with Crippen molar-refractivity contribution in [3.05, 3.63) is 0 Å². The number of carbonyl (C=O) groups is 1. The Morgan fingerprint density at radius 1 is 1.46 bits per heavy atom. The normalized spacial score (nSPS) is 29.0. The van der Waals surface area contributed by atoms with Crippen molar-refractivity contribution in [2.24, 2.45) is 5.92 Å². The number of carboxylic acid groups (broad SMARTS) is 1. The van der Waals surface area contributed by atoms with Crippen LogP contribution in [0, 0.1) is 5.92 Å². The molecule has 0 unspecified atom stereocenters.